The van der Waals surface area contributed by atoms with E-state index in [4.69, 9.17) is 4.74 Å². The molecule has 3 aliphatic rings. The molecular weight excluding hydrogens is 344 g/mol. The van der Waals surface area contributed by atoms with Gasteiger partial charge in [-0.3, -0.25) is 4.79 Å². The molecule has 2 fully saturated rings. The number of rotatable bonds is 1. The molecule has 0 aromatic carbocycles. The van der Waals surface area contributed by atoms with Gasteiger partial charge in [-0.25, -0.2) is 0 Å². The van der Waals surface area contributed by atoms with Gasteiger partial charge < -0.3 is 20.1 Å². The lowest BCUT2D eigenvalue weighted by atomic mass is 9.50. The lowest BCUT2D eigenvalue weighted by molar-refractivity contribution is -0.153. The van der Waals surface area contributed by atoms with Crippen LogP contribution in [0.2, 0.25) is 0 Å². The molecule has 152 valence electrons. The highest BCUT2D eigenvalue weighted by Crippen LogP contribution is 2.58. The fourth-order valence-electron chi connectivity index (χ4n) is 6.53. The Morgan fingerprint density at radius 1 is 1.22 bits per heavy atom. The van der Waals surface area contributed by atoms with Gasteiger partial charge in [0.1, 0.15) is 6.10 Å². The Morgan fingerprint density at radius 3 is 2.44 bits per heavy atom. The third kappa shape index (κ3) is 3.18. The van der Waals surface area contributed by atoms with Gasteiger partial charge in [0.25, 0.3) is 0 Å². The summed E-state index contributed by atoms with van der Waals surface area (Å²) >= 11 is 0. The third-order valence-corrected chi connectivity index (χ3v) is 7.47. The Balaban J connectivity index is 2.10. The molecule has 0 aromatic heterocycles. The minimum absolute atomic E-state index is 0.343. The van der Waals surface area contributed by atoms with Gasteiger partial charge in [0, 0.05) is 18.8 Å². The summed E-state index contributed by atoms with van der Waals surface area (Å²) in [6.07, 6.45) is -0.199. The third-order valence-electron chi connectivity index (χ3n) is 7.47. The second kappa shape index (κ2) is 6.71. The monoisotopic (exact) mass is 378 g/mol. The average molecular weight is 379 g/mol. The molecule has 5 nitrogen and oxygen atoms in total. The van der Waals surface area contributed by atoms with Gasteiger partial charge >= 0.3 is 5.97 Å². The fraction of sp³-hybridized carbons (Fsp3) is 0.773. The maximum atomic E-state index is 11.5. The Morgan fingerprint density at radius 2 is 1.85 bits per heavy atom. The normalized spacial score (nSPS) is 44.2. The van der Waals surface area contributed by atoms with E-state index in [0.29, 0.717) is 24.8 Å². The van der Waals surface area contributed by atoms with E-state index >= 15 is 0 Å². The van der Waals surface area contributed by atoms with Gasteiger partial charge in [0.2, 0.25) is 0 Å². The Hall–Kier alpha value is -1.17. The van der Waals surface area contributed by atoms with Crippen LogP contribution in [0.15, 0.2) is 23.3 Å². The molecule has 7 unspecified atom stereocenters. The zero-order valence-corrected chi connectivity index (χ0v) is 17.2. The van der Waals surface area contributed by atoms with Crippen LogP contribution in [0.4, 0.5) is 0 Å². The summed E-state index contributed by atoms with van der Waals surface area (Å²) in [5.41, 5.74) is 1.79. The average Bonchev–Trinajstić information content (AvgIpc) is 2.47. The van der Waals surface area contributed by atoms with Gasteiger partial charge in [0.05, 0.1) is 18.3 Å². The molecule has 3 rings (SSSR count). The van der Waals surface area contributed by atoms with Crippen LogP contribution in [-0.2, 0) is 9.53 Å². The van der Waals surface area contributed by atoms with E-state index in [1.54, 1.807) is 0 Å². The molecule has 0 spiro atoms. The molecule has 3 N–H and O–H groups in total. The highest BCUT2D eigenvalue weighted by molar-refractivity contribution is 5.66. The van der Waals surface area contributed by atoms with E-state index in [9.17, 15) is 20.1 Å². The first-order valence-electron chi connectivity index (χ1n) is 10.0. The van der Waals surface area contributed by atoms with Crippen molar-refractivity contribution in [3.05, 3.63) is 23.3 Å². The van der Waals surface area contributed by atoms with E-state index in [2.05, 4.69) is 13.5 Å². The molecule has 5 heteroatoms. The van der Waals surface area contributed by atoms with Crippen molar-refractivity contribution < 1.29 is 24.9 Å². The van der Waals surface area contributed by atoms with Crippen LogP contribution < -0.4 is 0 Å². The number of aliphatic hydroxyl groups is 3. The summed E-state index contributed by atoms with van der Waals surface area (Å²) in [6.45, 7) is 13.7. The molecule has 0 saturated heterocycles. The lowest BCUT2D eigenvalue weighted by Gasteiger charge is -2.57. The largest absolute Gasteiger partial charge is 0.458 e. The molecule has 2 bridgehead atoms. The Labute approximate surface area is 162 Å². The molecule has 2 saturated carbocycles. The SMILES string of the molecule is C=C1C(OC(C)=O)CCC2(C)CC(O)C3=C(C)CC(O)C(C(O)C12)C3(C)C. The minimum atomic E-state index is -0.818. The number of hydrogen-bond acceptors (Lipinski definition) is 5. The zero-order chi connectivity index (χ0) is 20.3. The smallest absolute Gasteiger partial charge is 0.303 e. The van der Waals surface area contributed by atoms with Crippen molar-refractivity contribution in [3.63, 3.8) is 0 Å². The van der Waals surface area contributed by atoms with Crippen LogP contribution in [0.5, 0.6) is 0 Å². The van der Waals surface area contributed by atoms with Crippen molar-refractivity contribution in [1.29, 1.82) is 0 Å². The number of ether oxygens (including phenoxy) is 1. The van der Waals surface area contributed by atoms with E-state index < -0.39 is 35.7 Å². The van der Waals surface area contributed by atoms with Gasteiger partial charge in [0.15, 0.2) is 0 Å². The quantitative estimate of drug-likeness (QED) is 0.482. The van der Waals surface area contributed by atoms with Crippen LogP contribution in [0, 0.1) is 22.7 Å². The van der Waals surface area contributed by atoms with Gasteiger partial charge in [-0.15, -0.1) is 0 Å². The summed E-state index contributed by atoms with van der Waals surface area (Å²) in [6, 6.07) is 0. The van der Waals surface area contributed by atoms with Crippen molar-refractivity contribution in [2.45, 2.75) is 84.7 Å². The van der Waals surface area contributed by atoms with Crippen LogP contribution in [0.25, 0.3) is 0 Å². The Kier molecular flexibility index (Phi) is 5.11. The number of esters is 1. The van der Waals surface area contributed by atoms with Crippen molar-refractivity contribution in [2.75, 3.05) is 0 Å². The number of fused-ring (bicyclic) bond motifs is 3. The van der Waals surface area contributed by atoms with E-state index in [-0.39, 0.29) is 17.3 Å². The Bertz CT molecular complexity index is 678. The molecule has 0 heterocycles. The summed E-state index contributed by atoms with van der Waals surface area (Å²) in [5, 5.41) is 33.6. The van der Waals surface area contributed by atoms with Gasteiger partial charge in [-0.1, -0.05) is 32.9 Å². The zero-order valence-electron chi connectivity index (χ0n) is 17.2. The predicted octanol–water partition coefficient (Wildman–Crippen LogP) is 2.74. The first kappa shape index (κ1) is 20.6. The van der Waals surface area contributed by atoms with Gasteiger partial charge in [-0.2, -0.15) is 0 Å². The molecule has 0 amide bonds. The standard InChI is InChI=1S/C22H34O5/c1-11-9-14(24)19-20(26)18-12(2)16(27-13(3)23)7-8-22(18,6)10-15(25)17(11)21(19,4)5/h14-16,18-20,24-26H,2,7-10H2,1,3-6H3. The van der Waals surface area contributed by atoms with Crippen molar-refractivity contribution >= 4 is 5.97 Å². The lowest BCUT2D eigenvalue weighted by Crippen LogP contribution is -2.58. The van der Waals surface area contributed by atoms with Crippen LogP contribution in [0.3, 0.4) is 0 Å². The molecule has 27 heavy (non-hydrogen) atoms. The van der Waals surface area contributed by atoms with Crippen LogP contribution in [-0.4, -0.2) is 45.7 Å². The van der Waals surface area contributed by atoms with E-state index in [1.165, 1.54) is 6.92 Å². The molecule has 0 aromatic rings. The van der Waals surface area contributed by atoms with Gasteiger partial charge in [-0.05, 0) is 54.6 Å². The maximum absolute atomic E-state index is 11.5. The molecule has 7 atom stereocenters. The van der Waals surface area contributed by atoms with E-state index in [1.807, 2.05) is 20.8 Å². The predicted molar refractivity (Wildman–Crippen MR) is 103 cm³/mol. The number of aliphatic hydroxyl groups excluding tert-OH is 3. The first-order valence-corrected chi connectivity index (χ1v) is 10.0. The fourth-order valence-corrected chi connectivity index (χ4v) is 6.53. The van der Waals surface area contributed by atoms with Crippen LogP contribution in [0.1, 0.15) is 60.3 Å². The van der Waals surface area contributed by atoms with E-state index in [0.717, 1.165) is 17.6 Å². The number of hydrogen-bond donors (Lipinski definition) is 3. The molecule has 0 aliphatic heterocycles. The second-order valence-corrected chi connectivity index (χ2v) is 9.77. The second-order valence-electron chi connectivity index (χ2n) is 9.77. The van der Waals surface area contributed by atoms with Crippen LogP contribution >= 0.6 is 0 Å². The van der Waals surface area contributed by atoms with Crippen molar-refractivity contribution in [1.82, 2.24) is 0 Å². The number of carbonyl (C=O) groups is 1. The minimum Gasteiger partial charge on any atom is -0.458 e. The highest BCUT2D eigenvalue weighted by Gasteiger charge is 2.58. The molecule has 3 aliphatic carbocycles. The topological polar surface area (TPSA) is 87.0 Å². The van der Waals surface area contributed by atoms with Crippen molar-refractivity contribution in [3.8, 4) is 0 Å². The summed E-state index contributed by atoms with van der Waals surface area (Å²) in [4.78, 5) is 11.5. The summed E-state index contributed by atoms with van der Waals surface area (Å²) < 4.78 is 5.46. The molecule has 0 radical (unpaired) electrons. The summed E-state index contributed by atoms with van der Waals surface area (Å²) in [5.74, 6) is -1.11. The highest BCUT2D eigenvalue weighted by atomic mass is 16.5. The number of carbonyl (C=O) groups excluding carboxylic acids is 1. The molecular formula is C22H34O5. The van der Waals surface area contributed by atoms with Crippen molar-refractivity contribution in [2.24, 2.45) is 22.7 Å². The summed E-state index contributed by atoms with van der Waals surface area (Å²) in [7, 11) is 0. The maximum Gasteiger partial charge on any atom is 0.303 e. The first-order chi connectivity index (χ1) is 12.4.